The lowest BCUT2D eigenvalue weighted by molar-refractivity contribution is -0.138. The Morgan fingerprint density at radius 3 is 2.67 bits per heavy atom. The number of piperidine rings is 1. The Balaban J connectivity index is 1.89. The number of likely N-dealkylation sites (tertiary alicyclic amines) is 1. The number of amides is 2. The predicted octanol–water partition coefficient (Wildman–Crippen LogP) is 3.11. The fourth-order valence-electron chi connectivity index (χ4n) is 2.77. The first kappa shape index (κ1) is 21.2. The first-order chi connectivity index (χ1) is 12.5. The number of Topliss-reactive ketones (excluding diaryl/α,β-unsaturated/α-hetero) is 1. The predicted molar refractivity (Wildman–Crippen MR) is 99.1 cm³/mol. The monoisotopic (exact) mass is 398 g/mol. The van der Waals surface area contributed by atoms with Crippen molar-refractivity contribution in [2.24, 2.45) is 0 Å². The molecular weight excluding hydrogens is 375 g/mol. The molecule has 1 aliphatic rings. The van der Waals surface area contributed by atoms with Crippen molar-refractivity contribution in [3.8, 4) is 0 Å². The van der Waals surface area contributed by atoms with Gasteiger partial charge in [0.15, 0.2) is 0 Å². The lowest BCUT2D eigenvalue weighted by atomic mass is 10.0. The second-order valence-corrected chi connectivity index (χ2v) is 7.99. The number of ether oxygens (including phenoxy) is 1. The topological polar surface area (TPSA) is 75.7 Å². The van der Waals surface area contributed by atoms with E-state index in [4.69, 9.17) is 16.3 Å². The van der Waals surface area contributed by atoms with Gasteiger partial charge in [0.1, 0.15) is 11.4 Å². The van der Waals surface area contributed by atoms with E-state index in [2.05, 4.69) is 5.32 Å². The first-order valence-electron chi connectivity index (χ1n) is 8.80. The summed E-state index contributed by atoms with van der Waals surface area (Å²) in [6.45, 7) is 6.17. The number of benzene rings is 1. The standard InChI is InChI=1S/C19H24ClFN2O4/c1-19(2,3)27-18(26)23-8-4-5-13(11-23)22-17(25)16(24)10-12-6-7-14(20)15(21)9-12/h6-7,9,13H,4-5,8,10-11H2,1-3H3,(H,22,25). The number of carbonyl (C=O) groups is 3. The number of halogens is 2. The van der Waals surface area contributed by atoms with Gasteiger partial charge in [-0.15, -0.1) is 0 Å². The summed E-state index contributed by atoms with van der Waals surface area (Å²) in [5.74, 6) is -2.06. The molecule has 1 saturated heterocycles. The van der Waals surface area contributed by atoms with Gasteiger partial charge >= 0.3 is 6.09 Å². The molecule has 27 heavy (non-hydrogen) atoms. The Bertz CT molecular complexity index is 733. The molecule has 2 rings (SSSR count). The van der Waals surface area contributed by atoms with Crippen LogP contribution < -0.4 is 5.32 Å². The number of carbonyl (C=O) groups excluding carboxylic acids is 3. The summed E-state index contributed by atoms with van der Waals surface area (Å²) in [4.78, 5) is 38.0. The summed E-state index contributed by atoms with van der Waals surface area (Å²) in [5, 5.41) is 2.61. The lowest BCUT2D eigenvalue weighted by Gasteiger charge is -2.34. The largest absolute Gasteiger partial charge is 0.444 e. The van der Waals surface area contributed by atoms with E-state index in [-0.39, 0.29) is 24.0 Å². The molecule has 0 aliphatic carbocycles. The third kappa shape index (κ3) is 6.50. The van der Waals surface area contributed by atoms with Crippen LogP contribution in [0.2, 0.25) is 5.02 Å². The second kappa shape index (κ2) is 8.69. The Hall–Kier alpha value is -2.15. The van der Waals surface area contributed by atoms with E-state index in [9.17, 15) is 18.8 Å². The smallest absolute Gasteiger partial charge is 0.410 e. The van der Waals surface area contributed by atoms with Crippen LogP contribution in [0, 0.1) is 5.82 Å². The van der Waals surface area contributed by atoms with Crippen molar-refractivity contribution in [1.29, 1.82) is 0 Å². The molecule has 6 nitrogen and oxygen atoms in total. The number of hydrogen-bond acceptors (Lipinski definition) is 4. The third-order valence-electron chi connectivity index (χ3n) is 4.01. The summed E-state index contributed by atoms with van der Waals surface area (Å²) in [7, 11) is 0. The van der Waals surface area contributed by atoms with Gasteiger partial charge in [0.05, 0.1) is 5.02 Å². The van der Waals surface area contributed by atoms with Crippen LogP contribution in [0.1, 0.15) is 39.2 Å². The van der Waals surface area contributed by atoms with Crippen molar-refractivity contribution in [1.82, 2.24) is 10.2 Å². The zero-order chi connectivity index (χ0) is 20.2. The average molecular weight is 399 g/mol. The highest BCUT2D eigenvalue weighted by Crippen LogP contribution is 2.17. The van der Waals surface area contributed by atoms with Crippen molar-refractivity contribution in [2.45, 2.75) is 51.7 Å². The molecule has 1 fully saturated rings. The van der Waals surface area contributed by atoms with E-state index in [0.29, 0.717) is 24.9 Å². The number of rotatable bonds is 4. The Morgan fingerprint density at radius 2 is 2.04 bits per heavy atom. The highest BCUT2D eigenvalue weighted by Gasteiger charge is 2.29. The zero-order valence-corrected chi connectivity index (χ0v) is 16.4. The van der Waals surface area contributed by atoms with E-state index >= 15 is 0 Å². The maximum Gasteiger partial charge on any atom is 0.410 e. The summed E-state index contributed by atoms with van der Waals surface area (Å²) in [5.41, 5.74) is -0.229. The average Bonchev–Trinajstić information content (AvgIpc) is 2.57. The van der Waals surface area contributed by atoms with Gasteiger partial charge < -0.3 is 15.0 Å². The molecule has 0 spiro atoms. The van der Waals surface area contributed by atoms with Crippen LogP contribution in [0.3, 0.4) is 0 Å². The van der Waals surface area contributed by atoms with Crippen LogP contribution in [0.4, 0.5) is 9.18 Å². The molecule has 1 atom stereocenters. The van der Waals surface area contributed by atoms with Gasteiger partial charge in [0, 0.05) is 25.6 Å². The van der Waals surface area contributed by atoms with Crippen LogP contribution in [-0.4, -0.2) is 47.4 Å². The molecule has 1 heterocycles. The first-order valence-corrected chi connectivity index (χ1v) is 9.18. The molecule has 8 heteroatoms. The van der Waals surface area contributed by atoms with E-state index in [1.807, 2.05) is 0 Å². The maximum atomic E-state index is 13.4. The molecule has 1 aliphatic heterocycles. The minimum Gasteiger partial charge on any atom is -0.444 e. The normalized spacial score (nSPS) is 17.4. The molecular formula is C19H24ClFN2O4. The second-order valence-electron chi connectivity index (χ2n) is 7.59. The van der Waals surface area contributed by atoms with Gasteiger partial charge in [-0.25, -0.2) is 9.18 Å². The molecule has 0 saturated carbocycles. The Labute approximate surface area is 163 Å². The molecule has 0 radical (unpaired) electrons. The van der Waals surface area contributed by atoms with Crippen LogP contribution in [0.5, 0.6) is 0 Å². The van der Waals surface area contributed by atoms with Crippen molar-refractivity contribution in [2.75, 3.05) is 13.1 Å². The third-order valence-corrected chi connectivity index (χ3v) is 4.32. The van der Waals surface area contributed by atoms with Gasteiger partial charge in [-0.3, -0.25) is 9.59 Å². The van der Waals surface area contributed by atoms with Crippen LogP contribution in [0.25, 0.3) is 0 Å². The highest BCUT2D eigenvalue weighted by molar-refractivity contribution is 6.36. The number of nitrogens with zero attached hydrogens (tertiary/aromatic N) is 1. The van der Waals surface area contributed by atoms with Crippen LogP contribution in [0.15, 0.2) is 18.2 Å². The Kier molecular flexibility index (Phi) is 6.81. The molecule has 148 valence electrons. The lowest BCUT2D eigenvalue weighted by Crippen LogP contribution is -2.52. The van der Waals surface area contributed by atoms with Crippen molar-refractivity contribution in [3.05, 3.63) is 34.6 Å². The quantitative estimate of drug-likeness (QED) is 0.791. The van der Waals surface area contributed by atoms with Gasteiger partial charge in [0.25, 0.3) is 5.91 Å². The van der Waals surface area contributed by atoms with E-state index in [0.717, 1.165) is 6.07 Å². The molecule has 0 bridgehead atoms. The van der Waals surface area contributed by atoms with Gasteiger partial charge in [-0.2, -0.15) is 0 Å². The van der Waals surface area contributed by atoms with Gasteiger partial charge in [-0.1, -0.05) is 17.7 Å². The summed E-state index contributed by atoms with van der Waals surface area (Å²) >= 11 is 5.61. The molecule has 1 N–H and O–H groups in total. The van der Waals surface area contributed by atoms with E-state index < -0.39 is 29.2 Å². The van der Waals surface area contributed by atoms with E-state index in [1.165, 1.54) is 17.0 Å². The molecule has 1 aromatic rings. The highest BCUT2D eigenvalue weighted by atomic mass is 35.5. The molecule has 0 aromatic heterocycles. The summed E-state index contributed by atoms with van der Waals surface area (Å²) in [6.07, 6.45) is 0.696. The molecule has 2 amide bonds. The number of nitrogens with one attached hydrogen (secondary N) is 1. The molecule has 1 unspecified atom stereocenters. The van der Waals surface area contributed by atoms with Crippen LogP contribution >= 0.6 is 11.6 Å². The van der Waals surface area contributed by atoms with Crippen molar-refractivity contribution in [3.63, 3.8) is 0 Å². The minimum absolute atomic E-state index is 0.0416. The van der Waals surface area contributed by atoms with E-state index in [1.54, 1.807) is 20.8 Å². The number of hydrogen-bond donors (Lipinski definition) is 1. The summed E-state index contributed by atoms with van der Waals surface area (Å²) in [6, 6.07) is 3.65. The van der Waals surface area contributed by atoms with Gasteiger partial charge in [-0.05, 0) is 51.3 Å². The number of ketones is 1. The maximum absolute atomic E-state index is 13.4. The SMILES string of the molecule is CC(C)(C)OC(=O)N1CCCC(NC(=O)C(=O)Cc2ccc(Cl)c(F)c2)C1. The van der Waals surface area contributed by atoms with Crippen molar-refractivity contribution >= 4 is 29.4 Å². The van der Waals surface area contributed by atoms with Gasteiger partial charge in [0.2, 0.25) is 5.78 Å². The minimum atomic E-state index is -0.749. The van der Waals surface area contributed by atoms with Crippen LogP contribution in [-0.2, 0) is 20.7 Å². The summed E-state index contributed by atoms with van der Waals surface area (Å²) < 4.78 is 18.8. The van der Waals surface area contributed by atoms with Crippen molar-refractivity contribution < 1.29 is 23.5 Å². The fourth-order valence-corrected chi connectivity index (χ4v) is 2.89. The Morgan fingerprint density at radius 1 is 1.33 bits per heavy atom. The molecule has 1 aromatic carbocycles. The zero-order valence-electron chi connectivity index (χ0n) is 15.7. The fraction of sp³-hybridized carbons (Fsp3) is 0.526.